The highest BCUT2D eigenvalue weighted by Crippen LogP contribution is 2.26. The highest BCUT2D eigenvalue weighted by Gasteiger charge is 2.34. The first-order valence-corrected chi connectivity index (χ1v) is 7.89. The Morgan fingerprint density at radius 3 is 2.54 bits per heavy atom. The predicted octanol–water partition coefficient (Wildman–Crippen LogP) is 3.26. The van der Waals surface area contributed by atoms with Crippen LogP contribution in [0.1, 0.15) is 46.6 Å². The fraction of sp³-hybridized carbons (Fsp3) is 0.500. The molecule has 0 saturated heterocycles. The first kappa shape index (κ1) is 19.7. The van der Waals surface area contributed by atoms with Crippen molar-refractivity contribution in [1.82, 2.24) is 0 Å². The molecule has 6 heteroatoms. The SMILES string of the molecule is CCO[C@](C)(CC(C)C)C(=O)Nc1ccc(OC(C)=O)c(C#N)c1. The van der Waals surface area contributed by atoms with Gasteiger partial charge in [-0.2, -0.15) is 5.26 Å². The minimum atomic E-state index is -0.954. The van der Waals surface area contributed by atoms with Crippen molar-refractivity contribution in [3.05, 3.63) is 23.8 Å². The fourth-order valence-electron chi connectivity index (χ4n) is 2.52. The number of nitrogens with zero attached hydrogens (tertiary/aromatic N) is 1. The Morgan fingerprint density at radius 1 is 1.38 bits per heavy atom. The van der Waals surface area contributed by atoms with Crippen LogP contribution in [0.3, 0.4) is 0 Å². The lowest BCUT2D eigenvalue weighted by Crippen LogP contribution is -2.44. The molecule has 0 aromatic heterocycles. The Morgan fingerprint density at radius 2 is 2.04 bits per heavy atom. The van der Waals surface area contributed by atoms with Gasteiger partial charge in [0.15, 0.2) is 0 Å². The van der Waals surface area contributed by atoms with Crippen LogP contribution < -0.4 is 10.1 Å². The van der Waals surface area contributed by atoms with Gasteiger partial charge in [0, 0.05) is 19.2 Å². The molecule has 0 radical (unpaired) electrons. The van der Waals surface area contributed by atoms with Crippen molar-refractivity contribution >= 4 is 17.6 Å². The highest BCUT2D eigenvalue weighted by atomic mass is 16.5. The second-order valence-electron chi connectivity index (χ2n) is 6.13. The second-order valence-corrected chi connectivity index (χ2v) is 6.13. The van der Waals surface area contributed by atoms with Crippen LogP contribution in [0.5, 0.6) is 5.75 Å². The summed E-state index contributed by atoms with van der Waals surface area (Å²) >= 11 is 0. The molecule has 24 heavy (non-hydrogen) atoms. The van der Waals surface area contributed by atoms with Crippen LogP contribution in [0.25, 0.3) is 0 Å². The third-order valence-corrected chi connectivity index (χ3v) is 3.35. The summed E-state index contributed by atoms with van der Waals surface area (Å²) in [4.78, 5) is 23.6. The summed E-state index contributed by atoms with van der Waals surface area (Å²) in [6.45, 7) is 9.32. The number of carbonyl (C=O) groups is 2. The molecule has 0 spiro atoms. The lowest BCUT2D eigenvalue weighted by Gasteiger charge is -2.30. The third kappa shape index (κ3) is 5.36. The van der Waals surface area contributed by atoms with E-state index in [0.29, 0.717) is 18.7 Å². The number of esters is 1. The predicted molar refractivity (Wildman–Crippen MR) is 90.6 cm³/mol. The minimum Gasteiger partial charge on any atom is -0.425 e. The second kappa shape index (κ2) is 8.46. The van der Waals surface area contributed by atoms with E-state index in [1.165, 1.54) is 19.1 Å². The van der Waals surface area contributed by atoms with Crippen molar-refractivity contribution < 1.29 is 19.1 Å². The minimum absolute atomic E-state index is 0.165. The fourth-order valence-corrected chi connectivity index (χ4v) is 2.52. The van der Waals surface area contributed by atoms with E-state index in [-0.39, 0.29) is 23.1 Å². The van der Waals surface area contributed by atoms with Gasteiger partial charge in [-0.05, 0) is 44.4 Å². The van der Waals surface area contributed by atoms with E-state index in [0.717, 1.165) is 0 Å². The zero-order chi connectivity index (χ0) is 18.3. The van der Waals surface area contributed by atoms with Gasteiger partial charge in [0.2, 0.25) is 0 Å². The molecule has 0 unspecified atom stereocenters. The third-order valence-electron chi connectivity index (χ3n) is 3.35. The molecule has 130 valence electrons. The molecule has 1 atom stereocenters. The van der Waals surface area contributed by atoms with E-state index in [4.69, 9.17) is 9.47 Å². The van der Waals surface area contributed by atoms with Crippen molar-refractivity contribution in [2.24, 2.45) is 5.92 Å². The molecule has 0 heterocycles. The van der Waals surface area contributed by atoms with Crippen LogP contribution in [-0.2, 0) is 14.3 Å². The Labute approximate surface area is 142 Å². The van der Waals surface area contributed by atoms with Gasteiger partial charge >= 0.3 is 5.97 Å². The highest BCUT2D eigenvalue weighted by molar-refractivity contribution is 5.97. The van der Waals surface area contributed by atoms with Gasteiger partial charge in [0.25, 0.3) is 5.91 Å². The molecule has 0 aliphatic carbocycles. The molecular formula is C18H24N2O4. The molecule has 1 amide bonds. The Bertz CT molecular complexity index is 649. The summed E-state index contributed by atoms with van der Waals surface area (Å²) in [6, 6.07) is 6.49. The number of carbonyl (C=O) groups excluding carboxylic acids is 2. The van der Waals surface area contributed by atoms with Crippen molar-refractivity contribution in [2.75, 3.05) is 11.9 Å². The number of nitrogens with one attached hydrogen (secondary N) is 1. The van der Waals surface area contributed by atoms with E-state index < -0.39 is 11.6 Å². The zero-order valence-corrected chi connectivity index (χ0v) is 14.8. The summed E-state index contributed by atoms with van der Waals surface area (Å²) in [7, 11) is 0. The number of amides is 1. The maximum Gasteiger partial charge on any atom is 0.308 e. The van der Waals surface area contributed by atoms with Crippen LogP contribution in [0, 0.1) is 17.2 Å². The molecule has 0 saturated carbocycles. The maximum absolute atomic E-state index is 12.6. The average Bonchev–Trinajstić information content (AvgIpc) is 2.47. The summed E-state index contributed by atoms with van der Waals surface area (Å²) in [5.74, 6) is -0.336. The molecule has 1 rings (SSSR count). The summed E-state index contributed by atoms with van der Waals surface area (Å²) < 4.78 is 10.6. The van der Waals surface area contributed by atoms with Gasteiger partial charge in [-0.3, -0.25) is 9.59 Å². The zero-order valence-electron chi connectivity index (χ0n) is 14.8. The van der Waals surface area contributed by atoms with Gasteiger partial charge in [-0.1, -0.05) is 13.8 Å². The van der Waals surface area contributed by atoms with Gasteiger partial charge in [0.1, 0.15) is 17.4 Å². The first-order valence-electron chi connectivity index (χ1n) is 7.89. The van der Waals surface area contributed by atoms with Crippen molar-refractivity contribution in [3.63, 3.8) is 0 Å². The topological polar surface area (TPSA) is 88.4 Å². The Hall–Kier alpha value is -2.39. The van der Waals surface area contributed by atoms with E-state index in [2.05, 4.69) is 5.32 Å². The summed E-state index contributed by atoms with van der Waals surface area (Å²) in [5, 5.41) is 11.9. The van der Waals surface area contributed by atoms with E-state index in [1.807, 2.05) is 26.8 Å². The van der Waals surface area contributed by atoms with Gasteiger partial charge in [-0.15, -0.1) is 0 Å². The number of rotatable bonds is 7. The monoisotopic (exact) mass is 332 g/mol. The van der Waals surface area contributed by atoms with Crippen LogP contribution in [0.4, 0.5) is 5.69 Å². The van der Waals surface area contributed by atoms with Gasteiger partial charge in [-0.25, -0.2) is 0 Å². The largest absolute Gasteiger partial charge is 0.425 e. The number of hydrogen-bond acceptors (Lipinski definition) is 5. The summed E-state index contributed by atoms with van der Waals surface area (Å²) in [6.07, 6.45) is 0.573. The molecule has 0 aliphatic rings. The summed E-state index contributed by atoms with van der Waals surface area (Å²) in [5.41, 5.74) is -0.336. The van der Waals surface area contributed by atoms with Gasteiger partial charge in [0.05, 0.1) is 5.56 Å². The Balaban J connectivity index is 3.00. The van der Waals surface area contributed by atoms with Crippen LogP contribution in [0.15, 0.2) is 18.2 Å². The van der Waals surface area contributed by atoms with Crippen molar-refractivity contribution in [3.8, 4) is 11.8 Å². The van der Waals surface area contributed by atoms with E-state index >= 15 is 0 Å². The lowest BCUT2D eigenvalue weighted by molar-refractivity contribution is -0.140. The van der Waals surface area contributed by atoms with Crippen LogP contribution in [-0.4, -0.2) is 24.1 Å². The Kier molecular flexibility index (Phi) is 6.93. The van der Waals surface area contributed by atoms with Crippen LogP contribution in [0.2, 0.25) is 0 Å². The molecule has 1 N–H and O–H groups in total. The molecule has 6 nitrogen and oxygen atoms in total. The van der Waals surface area contributed by atoms with E-state index in [1.54, 1.807) is 13.0 Å². The van der Waals surface area contributed by atoms with Crippen molar-refractivity contribution in [1.29, 1.82) is 5.26 Å². The lowest BCUT2D eigenvalue weighted by atomic mass is 9.93. The van der Waals surface area contributed by atoms with Crippen molar-refractivity contribution in [2.45, 2.75) is 46.6 Å². The number of nitriles is 1. The molecular weight excluding hydrogens is 308 g/mol. The number of benzene rings is 1. The normalized spacial score (nSPS) is 13.0. The standard InChI is InChI=1S/C18H24N2O4/c1-6-23-18(5,10-12(2)3)17(22)20-15-7-8-16(24-13(4)21)14(9-15)11-19/h7-9,12H,6,10H2,1-5H3,(H,20,22)/t18-/m1/s1. The first-order chi connectivity index (χ1) is 11.2. The molecule has 0 fully saturated rings. The molecule has 1 aromatic rings. The maximum atomic E-state index is 12.6. The quantitative estimate of drug-likeness (QED) is 0.611. The number of ether oxygens (including phenoxy) is 2. The smallest absolute Gasteiger partial charge is 0.308 e. The van der Waals surface area contributed by atoms with E-state index in [9.17, 15) is 14.9 Å². The van der Waals surface area contributed by atoms with Gasteiger partial charge < -0.3 is 14.8 Å². The molecule has 1 aromatic carbocycles. The number of anilines is 1. The van der Waals surface area contributed by atoms with Crippen LogP contribution >= 0.6 is 0 Å². The number of hydrogen-bond donors (Lipinski definition) is 1. The molecule has 0 bridgehead atoms. The average molecular weight is 332 g/mol. The molecule has 0 aliphatic heterocycles.